The second-order valence-electron chi connectivity index (χ2n) is 0.835. The van der Waals surface area contributed by atoms with Crippen molar-refractivity contribution in [2.45, 2.75) is 0 Å². The summed E-state index contributed by atoms with van der Waals surface area (Å²) in [7, 11) is -6.06. The third-order valence-electron chi connectivity index (χ3n) is 0.130. The first kappa shape index (κ1) is 6.95. The van der Waals surface area contributed by atoms with Gasteiger partial charge in [0.1, 0.15) is 0 Å². The van der Waals surface area contributed by atoms with Gasteiger partial charge in [-0.05, 0) is 0 Å². The zero-order valence-electron chi connectivity index (χ0n) is 3.01. The molecule has 7 heteroatoms. The van der Waals surface area contributed by atoms with Crippen molar-refractivity contribution in [3.05, 3.63) is 0 Å². The maximum absolute atomic E-state index is 9.35. The number of hydrogen-bond donors (Lipinski definition) is 4. The Labute approximate surface area is 38.7 Å². The summed E-state index contributed by atoms with van der Waals surface area (Å²) in [5, 5.41) is 7.15. The van der Waals surface area contributed by atoms with Crippen LogP contribution in [0.4, 0.5) is 0 Å². The first-order chi connectivity index (χ1) is 2.81. The monoisotopic (exact) mass is 132 g/mol. The molecule has 7 heavy (non-hydrogen) atoms. The molecule has 0 aromatic rings. The van der Waals surface area contributed by atoms with E-state index in [9.17, 15) is 4.21 Å². The lowest BCUT2D eigenvalue weighted by atomic mass is 15.0. The maximum atomic E-state index is 9.35. The van der Waals surface area contributed by atoms with Crippen molar-refractivity contribution < 1.29 is 27.5 Å². The van der Waals surface area contributed by atoms with E-state index in [1.807, 2.05) is 0 Å². The molecular weight excluding hydrogens is 128 g/mol. The highest BCUT2D eigenvalue weighted by Crippen LogP contribution is 2.07. The average molecular weight is 132 g/mol. The van der Waals surface area contributed by atoms with Gasteiger partial charge in [-0.25, -0.2) is 5.26 Å². The molecule has 0 heterocycles. The van der Waals surface area contributed by atoms with Gasteiger partial charge in [0.25, 0.3) is 0 Å². The zero-order chi connectivity index (χ0) is 6.15. The molecule has 0 aliphatic rings. The van der Waals surface area contributed by atoms with E-state index in [2.05, 4.69) is 4.33 Å². The van der Waals surface area contributed by atoms with Crippen LogP contribution in [-0.4, -0.2) is 23.1 Å². The van der Waals surface area contributed by atoms with Crippen molar-refractivity contribution in [1.29, 1.82) is 0 Å². The molecule has 0 rings (SSSR count). The van der Waals surface area contributed by atoms with Gasteiger partial charge >= 0.3 is 10.2 Å². The molecule has 0 unspecified atom stereocenters. The predicted molar refractivity (Wildman–Crippen MR) is 19.7 cm³/mol. The Balaban J connectivity index is 4.14. The second-order valence-corrected chi connectivity index (χ2v) is 2.50. The Morgan fingerprint density at radius 2 is 1.43 bits per heavy atom. The molecule has 0 aromatic heterocycles. The van der Waals surface area contributed by atoms with E-state index in [1.54, 1.807) is 0 Å². The van der Waals surface area contributed by atoms with Gasteiger partial charge in [0, 0.05) is 0 Å². The van der Waals surface area contributed by atoms with E-state index in [0.717, 1.165) is 0 Å². The van der Waals surface area contributed by atoms with E-state index in [0.29, 0.717) is 0 Å². The van der Waals surface area contributed by atoms with Gasteiger partial charge in [-0.2, -0.15) is 4.21 Å². The highest BCUT2D eigenvalue weighted by molar-refractivity contribution is 8.00. The minimum Gasteiger partial charge on any atom is -0.266 e. The summed E-state index contributed by atoms with van der Waals surface area (Å²) in [5.41, 5.74) is 0. The molecule has 0 aromatic carbocycles. The molecule has 0 amide bonds. The van der Waals surface area contributed by atoms with Crippen LogP contribution in [0.15, 0.2) is 0 Å². The fourth-order valence-corrected chi connectivity index (χ4v) is 0. The topological polar surface area (TPSA) is 107 Å². The van der Waals surface area contributed by atoms with Crippen LogP contribution >= 0.6 is 0 Å². The van der Waals surface area contributed by atoms with Gasteiger partial charge in [-0.1, -0.05) is 4.33 Å². The van der Waals surface area contributed by atoms with Crippen LogP contribution in [-0.2, 0) is 14.5 Å². The van der Waals surface area contributed by atoms with Crippen molar-refractivity contribution in [2.24, 2.45) is 0 Å². The lowest BCUT2D eigenvalue weighted by Gasteiger charge is -2.15. The molecule has 46 valence electrons. The van der Waals surface area contributed by atoms with Crippen LogP contribution in [0, 0.1) is 0 Å². The van der Waals surface area contributed by atoms with Crippen molar-refractivity contribution in [3.8, 4) is 0 Å². The van der Waals surface area contributed by atoms with E-state index >= 15 is 0 Å². The normalized spacial score (nSPS) is 18.0. The zero-order valence-corrected chi connectivity index (χ0v) is 3.83. The summed E-state index contributed by atoms with van der Waals surface area (Å²) >= 11 is 0. The highest BCUT2D eigenvalue weighted by Gasteiger charge is 2.25. The first-order valence-corrected chi connectivity index (χ1v) is 2.83. The van der Waals surface area contributed by atoms with Crippen LogP contribution in [0.2, 0.25) is 0 Å². The minimum atomic E-state index is -6.06. The number of rotatable bonds is 1. The third kappa shape index (κ3) is 5.95. The van der Waals surface area contributed by atoms with Gasteiger partial charge < -0.3 is 0 Å². The maximum Gasteiger partial charge on any atom is 0.330 e. The standard InChI is InChI=1S/H4O6S/c1-6-7(2,3,4)5/h1H,(H3,2,3,4,5). The Bertz CT molecular complexity index is 105. The number of hydrogen-bond acceptors (Lipinski definition) is 3. The molecule has 0 spiro atoms. The molecule has 0 aliphatic carbocycles. The fraction of sp³-hybridized carbons (Fsp3) is 0. The first-order valence-electron chi connectivity index (χ1n) is 1.06. The van der Waals surface area contributed by atoms with Crippen LogP contribution in [0.3, 0.4) is 0 Å². The van der Waals surface area contributed by atoms with Gasteiger partial charge in [0.15, 0.2) is 0 Å². The highest BCUT2D eigenvalue weighted by atomic mass is 32.3. The lowest BCUT2D eigenvalue weighted by Crippen LogP contribution is -2.31. The minimum absolute atomic E-state index is 2.34. The molecule has 0 atom stereocenters. The van der Waals surface area contributed by atoms with Crippen molar-refractivity contribution >= 4 is 10.2 Å². The van der Waals surface area contributed by atoms with Gasteiger partial charge in [-0.3, -0.25) is 13.7 Å². The summed E-state index contributed by atoms with van der Waals surface area (Å²) in [6.45, 7) is 0. The molecule has 6 nitrogen and oxygen atoms in total. The fourth-order valence-electron chi connectivity index (χ4n) is 0. The van der Waals surface area contributed by atoms with E-state index in [4.69, 9.17) is 18.9 Å². The van der Waals surface area contributed by atoms with Crippen LogP contribution in [0.1, 0.15) is 0 Å². The van der Waals surface area contributed by atoms with Gasteiger partial charge in [0.2, 0.25) is 0 Å². The summed E-state index contributed by atoms with van der Waals surface area (Å²) in [6.07, 6.45) is 0. The molecule has 0 saturated heterocycles. The summed E-state index contributed by atoms with van der Waals surface area (Å²) in [5.74, 6) is 0. The Hall–Kier alpha value is -0.0500. The Kier molecular flexibility index (Phi) is 1.21. The average Bonchev–Trinajstić information content (AvgIpc) is 1.32. The molecule has 0 fully saturated rings. The van der Waals surface area contributed by atoms with Crippen LogP contribution < -0.4 is 0 Å². The van der Waals surface area contributed by atoms with Crippen LogP contribution in [0.25, 0.3) is 0 Å². The summed E-state index contributed by atoms with van der Waals surface area (Å²) in [6, 6.07) is 0. The van der Waals surface area contributed by atoms with Crippen molar-refractivity contribution in [3.63, 3.8) is 0 Å². The predicted octanol–water partition coefficient (Wildman–Crippen LogP) is -0.370. The largest absolute Gasteiger partial charge is 0.330 e. The van der Waals surface area contributed by atoms with Crippen molar-refractivity contribution in [1.82, 2.24) is 0 Å². The van der Waals surface area contributed by atoms with E-state index in [1.165, 1.54) is 0 Å². The van der Waals surface area contributed by atoms with Crippen LogP contribution in [0.5, 0.6) is 0 Å². The molecular formula is H4O6S. The quantitative estimate of drug-likeness (QED) is 0.286. The van der Waals surface area contributed by atoms with E-state index in [-0.39, 0.29) is 0 Å². The van der Waals surface area contributed by atoms with Gasteiger partial charge in [-0.15, -0.1) is 0 Å². The molecule has 0 radical (unpaired) electrons. The van der Waals surface area contributed by atoms with Crippen molar-refractivity contribution in [2.75, 3.05) is 0 Å². The van der Waals surface area contributed by atoms with E-state index < -0.39 is 10.2 Å². The molecule has 0 bridgehead atoms. The lowest BCUT2D eigenvalue weighted by molar-refractivity contribution is -0.170. The Morgan fingerprint density at radius 3 is 1.43 bits per heavy atom. The summed E-state index contributed by atoms with van der Waals surface area (Å²) in [4.78, 5) is 0. The molecule has 4 N–H and O–H groups in total. The summed E-state index contributed by atoms with van der Waals surface area (Å²) < 4.78 is 34.1. The smallest absolute Gasteiger partial charge is 0.266 e. The third-order valence-corrected chi connectivity index (χ3v) is 0.391. The molecule has 0 aliphatic heterocycles. The second kappa shape index (κ2) is 1.22. The Morgan fingerprint density at radius 1 is 1.29 bits per heavy atom. The SMILES string of the molecule is O=S(O)(O)(O)OO. The van der Waals surface area contributed by atoms with Gasteiger partial charge in [0.05, 0.1) is 0 Å². The molecule has 0 saturated carbocycles.